The Morgan fingerprint density at radius 1 is 0.617 bits per heavy atom. The van der Waals surface area contributed by atoms with Crippen LogP contribution < -0.4 is 0 Å². The molecule has 15 heteroatoms. The average molecular weight is 869 g/mol. The number of esters is 2. The van der Waals surface area contributed by atoms with Crippen molar-refractivity contribution in [3.8, 4) is 0 Å². The molecule has 1 aliphatic rings. The Morgan fingerprint density at radius 3 is 1.80 bits per heavy atom. The Kier molecular flexibility index (Phi) is 31.7. The molecule has 0 aliphatic heterocycles. The number of carbonyl (C=O) groups is 2. The first kappa shape index (κ1) is 55.0. The second-order valence-corrected chi connectivity index (χ2v) is 16.1. The van der Waals surface area contributed by atoms with Crippen molar-refractivity contribution in [3.05, 3.63) is 85.1 Å². The van der Waals surface area contributed by atoms with Crippen molar-refractivity contribution in [2.45, 2.75) is 172 Å². The molecule has 0 aromatic rings. The number of aliphatic hydroxyl groups is 6. The normalized spacial score (nSPS) is 23.6. The Balaban J connectivity index is 2.56. The Hall–Kier alpha value is -3.01. The summed E-state index contributed by atoms with van der Waals surface area (Å²) in [6, 6.07) is 0. The summed E-state index contributed by atoms with van der Waals surface area (Å²) in [6.45, 7) is 2.90. The lowest BCUT2D eigenvalue weighted by Crippen LogP contribution is -2.64. The van der Waals surface area contributed by atoms with Crippen LogP contribution in [0.1, 0.15) is 123 Å². The van der Waals surface area contributed by atoms with Crippen LogP contribution in [0.15, 0.2) is 85.1 Å². The first-order chi connectivity index (χ1) is 28.8. The van der Waals surface area contributed by atoms with Crippen LogP contribution >= 0.6 is 7.82 Å². The molecule has 14 nitrogen and oxygen atoms in total. The number of hydrogen-bond acceptors (Lipinski definition) is 13. The van der Waals surface area contributed by atoms with E-state index in [9.17, 15) is 49.7 Å². The molecule has 0 bridgehead atoms. The number of phosphoric acid groups is 1. The smallest absolute Gasteiger partial charge is 0.462 e. The van der Waals surface area contributed by atoms with Crippen LogP contribution in [-0.2, 0) is 32.7 Å². The van der Waals surface area contributed by atoms with Crippen LogP contribution in [0.25, 0.3) is 0 Å². The summed E-state index contributed by atoms with van der Waals surface area (Å²) in [5, 5.41) is 59.8. The Labute approximate surface area is 357 Å². The number of aliphatic hydroxyl groups excluding tert-OH is 6. The maximum Gasteiger partial charge on any atom is 0.472 e. The minimum Gasteiger partial charge on any atom is -0.462 e. The molecule has 9 atom stereocenters. The van der Waals surface area contributed by atoms with Gasteiger partial charge in [-0.3, -0.25) is 18.6 Å². The molecule has 1 saturated carbocycles. The molecule has 0 radical (unpaired) electrons. The molecule has 4 unspecified atom stereocenters. The molecule has 1 rings (SSSR count). The highest BCUT2D eigenvalue weighted by molar-refractivity contribution is 7.47. The molecule has 0 spiro atoms. The van der Waals surface area contributed by atoms with E-state index in [0.717, 1.165) is 70.6 Å². The highest BCUT2D eigenvalue weighted by atomic mass is 31.2. The van der Waals surface area contributed by atoms with Gasteiger partial charge in [-0.1, -0.05) is 125 Å². The van der Waals surface area contributed by atoms with Crippen LogP contribution in [0.5, 0.6) is 0 Å². The third-order valence-corrected chi connectivity index (χ3v) is 10.3. The van der Waals surface area contributed by atoms with Gasteiger partial charge in [0.15, 0.2) is 6.10 Å². The molecule has 342 valence electrons. The van der Waals surface area contributed by atoms with Gasteiger partial charge in [0.05, 0.1) is 12.7 Å². The predicted octanol–water partition coefficient (Wildman–Crippen LogP) is 6.69. The van der Waals surface area contributed by atoms with Gasteiger partial charge >= 0.3 is 19.8 Å². The molecular formula is C45H73O14P. The van der Waals surface area contributed by atoms with Gasteiger partial charge in [-0.25, -0.2) is 4.57 Å². The third kappa shape index (κ3) is 27.0. The minimum absolute atomic E-state index is 0.0546. The predicted molar refractivity (Wildman–Crippen MR) is 231 cm³/mol. The maximum atomic E-state index is 12.8. The van der Waals surface area contributed by atoms with E-state index in [1.165, 1.54) is 0 Å². The van der Waals surface area contributed by atoms with Crippen LogP contribution in [0, 0.1) is 0 Å². The van der Waals surface area contributed by atoms with Gasteiger partial charge in [0.1, 0.15) is 43.2 Å². The summed E-state index contributed by atoms with van der Waals surface area (Å²) in [5.41, 5.74) is 0. The highest BCUT2D eigenvalue weighted by Gasteiger charge is 2.51. The molecule has 0 aromatic heterocycles. The van der Waals surface area contributed by atoms with Crippen LogP contribution in [0.3, 0.4) is 0 Å². The second kappa shape index (κ2) is 34.6. The number of rotatable bonds is 33. The third-order valence-electron chi connectivity index (χ3n) is 9.28. The number of ether oxygens (including phenoxy) is 2. The van der Waals surface area contributed by atoms with Crippen molar-refractivity contribution in [2.75, 3.05) is 13.2 Å². The lowest BCUT2D eigenvalue weighted by molar-refractivity contribution is -0.220. The Bertz CT molecular complexity index is 1390. The van der Waals surface area contributed by atoms with E-state index in [4.69, 9.17) is 18.5 Å². The van der Waals surface area contributed by atoms with Crippen LogP contribution in [-0.4, -0.2) is 110 Å². The fourth-order valence-electron chi connectivity index (χ4n) is 5.79. The number of allylic oxidation sites excluding steroid dienone is 12. The van der Waals surface area contributed by atoms with Gasteiger partial charge < -0.3 is 45.0 Å². The van der Waals surface area contributed by atoms with Gasteiger partial charge in [-0.15, -0.1) is 0 Å². The summed E-state index contributed by atoms with van der Waals surface area (Å²) >= 11 is 0. The summed E-state index contributed by atoms with van der Waals surface area (Å²) in [7, 11) is -5.15. The molecular weight excluding hydrogens is 795 g/mol. The summed E-state index contributed by atoms with van der Waals surface area (Å²) in [6.07, 6.45) is 27.0. The number of phosphoric ester groups is 1. The first-order valence-corrected chi connectivity index (χ1v) is 23.0. The van der Waals surface area contributed by atoms with Gasteiger partial charge in [0.25, 0.3) is 0 Å². The maximum absolute atomic E-state index is 12.8. The standard InChI is InChI=1S/C45H73O14P/c1-3-5-7-8-9-10-11-12-17-20-23-26-29-33-39(48)58-37(35-57-60(54,55)59-45-43(52)41(50)40(49)42(51)44(45)53)34-56-38(47)32-28-25-22-19-16-14-13-15-18-21-24-27-31-36(46)30-6-4-2/h6-8,10-11,13-14,18-19,21-22,24,27,30,36-37,40-46,49-53H,3-5,9,12,15-17,20,23,25-26,28-29,31-35H2,1-2H3,(H,54,55)/b8-7-,11-10-,14-13-,21-18-,22-19-,27-24+,30-6-/t36?,37-,40?,41-,42+,43-,44-,45?/m1/s1. The second-order valence-electron chi connectivity index (χ2n) is 14.7. The van der Waals surface area contributed by atoms with E-state index in [1.807, 2.05) is 61.6 Å². The minimum atomic E-state index is -5.15. The molecule has 7 N–H and O–H groups in total. The molecule has 60 heavy (non-hydrogen) atoms. The molecule has 1 aliphatic carbocycles. The SMILES string of the molecule is CC/C=C\C(O)C/C=C/C=C\C/C=C\C/C=C\CCCC(=O)OC[C@H](COP(=O)(O)OC1[C@H](O)[C@H](O)C(O)[C@H](O)[C@H]1O)OC(=O)CCCCCCC/C=C\C/C=C\CCC. The monoisotopic (exact) mass is 868 g/mol. The van der Waals surface area contributed by atoms with E-state index < -0.39 is 81.8 Å². The van der Waals surface area contributed by atoms with Gasteiger partial charge in [0, 0.05) is 12.8 Å². The Morgan fingerprint density at radius 2 is 1.15 bits per heavy atom. The average Bonchev–Trinajstić information content (AvgIpc) is 3.22. The number of hydrogen-bond donors (Lipinski definition) is 7. The lowest BCUT2D eigenvalue weighted by atomic mass is 9.85. The van der Waals surface area contributed by atoms with Crippen molar-refractivity contribution in [1.82, 2.24) is 0 Å². The van der Waals surface area contributed by atoms with Gasteiger partial charge in [-0.2, -0.15) is 0 Å². The largest absolute Gasteiger partial charge is 0.472 e. The summed E-state index contributed by atoms with van der Waals surface area (Å²) < 4.78 is 33.3. The fourth-order valence-corrected chi connectivity index (χ4v) is 6.76. The lowest BCUT2D eigenvalue weighted by Gasteiger charge is -2.41. The van der Waals surface area contributed by atoms with E-state index in [1.54, 1.807) is 6.08 Å². The zero-order valence-corrected chi connectivity index (χ0v) is 36.5. The summed E-state index contributed by atoms with van der Waals surface area (Å²) in [4.78, 5) is 35.6. The number of unbranched alkanes of at least 4 members (excludes halogenated alkanes) is 7. The van der Waals surface area contributed by atoms with Crippen LogP contribution in [0.4, 0.5) is 0 Å². The zero-order valence-electron chi connectivity index (χ0n) is 35.6. The molecule has 0 amide bonds. The van der Waals surface area contributed by atoms with Gasteiger partial charge in [0.2, 0.25) is 0 Å². The topological polar surface area (TPSA) is 230 Å². The van der Waals surface area contributed by atoms with Crippen molar-refractivity contribution in [3.63, 3.8) is 0 Å². The molecule has 0 aromatic carbocycles. The summed E-state index contributed by atoms with van der Waals surface area (Å²) in [5.74, 6) is -1.22. The highest BCUT2D eigenvalue weighted by Crippen LogP contribution is 2.47. The first-order valence-electron chi connectivity index (χ1n) is 21.5. The molecule has 0 heterocycles. The zero-order chi connectivity index (χ0) is 44.4. The van der Waals surface area contributed by atoms with Crippen molar-refractivity contribution < 1.29 is 68.2 Å². The van der Waals surface area contributed by atoms with Crippen LogP contribution in [0.2, 0.25) is 0 Å². The number of carbonyl (C=O) groups excluding carboxylic acids is 2. The van der Waals surface area contributed by atoms with Crippen molar-refractivity contribution in [1.29, 1.82) is 0 Å². The van der Waals surface area contributed by atoms with E-state index >= 15 is 0 Å². The van der Waals surface area contributed by atoms with E-state index in [-0.39, 0.29) is 12.8 Å². The molecule has 1 fully saturated rings. The van der Waals surface area contributed by atoms with E-state index in [2.05, 4.69) is 31.2 Å². The molecule has 0 saturated heterocycles. The quantitative estimate of drug-likeness (QED) is 0.0120. The van der Waals surface area contributed by atoms with E-state index in [0.29, 0.717) is 25.7 Å². The fraction of sp³-hybridized carbons (Fsp3) is 0.644. The van der Waals surface area contributed by atoms with Crippen molar-refractivity contribution in [2.24, 2.45) is 0 Å². The van der Waals surface area contributed by atoms with Crippen molar-refractivity contribution >= 4 is 19.8 Å². The van der Waals surface area contributed by atoms with Gasteiger partial charge in [-0.05, 0) is 70.6 Å².